The van der Waals surface area contributed by atoms with Gasteiger partial charge in [0, 0.05) is 6.26 Å². The number of anilines is 2. The Morgan fingerprint density at radius 2 is 1.82 bits per heavy atom. The van der Waals surface area contributed by atoms with Crippen molar-refractivity contribution in [3.63, 3.8) is 0 Å². The number of rotatable bonds is 3. The predicted octanol–water partition coefficient (Wildman–Crippen LogP) is 0.869. The third kappa shape index (κ3) is 4.07. The van der Waals surface area contributed by atoms with E-state index < -0.39 is 21.5 Å². The first kappa shape index (κ1) is 13.5. The quantitative estimate of drug-likeness (QED) is 0.785. The van der Waals surface area contributed by atoms with Crippen LogP contribution in [0.1, 0.15) is 11.1 Å². The monoisotopic (exact) mass is 256 g/mol. The van der Waals surface area contributed by atoms with Crippen molar-refractivity contribution in [1.29, 1.82) is 0 Å². The summed E-state index contributed by atoms with van der Waals surface area (Å²) in [5.74, 6) is -1.12. The SMILES string of the molecule is Cc1cc(N)c(NC(=O)CS(C)(=O)=O)cc1C. The van der Waals surface area contributed by atoms with Gasteiger partial charge in [-0.25, -0.2) is 8.42 Å². The van der Waals surface area contributed by atoms with Gasteiger partial charge < -0.3 is 11.1 Å². The Morgan fingerprint density at radius 1 is 1.29 bits per heavy atom. The minimum absolute atomic E-state index is 0.426. The number of nitrogen functional groups attached to an aromatic ring is 1. The summed E-state index contributed by atoms with van der Waals surface area (Å²) in [6, 6.07) is 3.47. The maximum absolute atomic E-state index is 11.4. The number of carbonyl (C=O) groups is 1. The van der Waals surface area contributed by atoms with Crippen molar-refractivity contribution in [2.45, 2.75) is 13.8 Å². The van der Waals surface area contributed by atoms with Crippen LogP contribution in [-0.4, -0.2) is 26.3 Å². The number of hydrogen-bond donors (Lipinski definition) is 2. The molecule has 0 fully saturated rings. The number of sulfone groups is 1. The summed E-state index contributed by atoms with van der Waals surface area (Å²) in [6.07, 6.45) is 1.01. The minimum atomic E-state index is -3.33. The van der Waals surface area contributed by atoms with Gasteiger partial charge in [-0.15, -0.1) is 0 Å². The van der Waals surface area contributed by atoms with E-state index >= 15 is 0 Å². The Hall–Kier alpha value is -1.56. The molecule has 0 radical (unpaired) electrons. The molecule has 0 aliphatic heterocycles. The Labute approximate surface area is 101 Å². The highest BCUT2D eigenvalue weighted by Crippen LogP contribution is 2.22. The molecule has 5 nitrogen and oxygen atoms in total. The lowest BCUT2D eigenvalue weighted by Crippen LogP contribution is -2.22. The van der Waals surface area contributed by atoms with Gasteiger partial charge in [-0.2, -0.15) is 0 Å². The lowest BCUT2D eigenvalue weighted by molar-refractivity contribution is -0.113. The van der Waals surface area contributed by atoms with Gasteiger partial charge in [0.15, 0.2) is 9.84 Å². The van der Waals surface area contributed by atoms with E-state index in [2.05, 4.69) is 5.32 Å². The van der Waals surface area contributed by atoms with E-state index in [1.165, 1.54) is 0 Å². The molecule has 0 spiro atoms. The van der Waals surface area contributed by atoms with Crippen LogP contribution < -0.4 is 11.1 Å². The van der Waals surface area contributed by atoms with Crippen LogP contribution in [0.5, 0.6) is 0 Å². The molecular weight excluding hydrogens is 240 g/mol. The van der Waals surface area contributed by atoms with Crippen LogP contribution in [-0.2, 0) is 14.6 Å². The minimum Gasteiger partial charge on any atom is -0.397 e. The summed E-state index contributed by atoms with van der Waals surface area (Å²) in [7, 11) is -3.33. The molecule has 1 aromatic rings. The molecule has 6 heteroatoms. The van der Waals surface area contributed by atoms with E-state index in [1.807, 2.05) is 13.8 Å². The highest BCUT2D eigenvalue weighted by atomic mass is 32.2. The third-order valence-corrected chi connectivity index (χ3v) is 3.12. The van der Waals surface area contributed by atoms with Gasteiger partial charge in [0.1, 0.15) is 5.75 Å². The number of hydrogen-bond acceptors (Lipinski definition) is 4. The number of carbonyl (C=O) groups excluding carboxylic acids is 1. The molecule has 3 N–H and O–H groups in total. The van der Waals surface area contributed by atoms with Crippen LogP contribution in [0.4, 0.5) is 11.4 Å². The van der Waals surface area contributed by atoms with Gasteiger partial charge in [0.05, 0.1) is 11.4 Å². The second-order valence-electron chi connectivity index (χ2n) is 4.14. The first-order valence-electron chi connectivity index (χ1n) is 5.03. The van der Waals surface area contributed by atoms with E-state index in [0.29, 0.717) is 11.4 Å². The van der Waals surface area contributed by atoms with E-state index in [4.69, 9.17) is 5.73 Å². The number of benzene rings is 1. The van der Waals surface area contributed by atoms with Gasteiger partial charge in [-0.3, -0.25) is 4.79 Å². The Bertz CT molecular complexity index is 550. The van der Waals surface area contributed by atoms with Crippen LogP contribution in [0.2, 0.25) is 0 Å². The Kier molecular flexibility index (Phi) is 3.77. The lowest BCUT2D eigenvalue weighted by atomic mass is 10.1. The van der Waals surface area contributed by atoms with Crippen LogP contribution in [0.3, 0.4) is 0 Å². The average Bonchev–Trinajstić information content (AvgIpc) is 2.11. The molecular formula is C11H16N2O3S. The van der Waals surface area contributed by atoms with E-state index in [0.717, 1.165) is 17.4 Å². The predicted molar refractivity (Wildman–Crippen MR) is 68.7 cm³/mol. The van der Waals surface area contributed by atoms with Crippen LogP contribution in [0.15, 0.2) is 12.1 Å². The topological polar surface area (TPSA) is 89.3 Å². The fourth-order valence-electron chi connectivity index (χ4n) is 1.37. The molecule has 17 heavy (non-hydrogen) atoms. The third-order valence-electron chi connectivity index (χ3n) is 2.33. The fourth-order valence-corrected chi connectivity index (χ4v) is 1.92. The highest BCUT2D eigenvalue weighted by molar-refractivity contribution is 7.91. The maximum Gasteiger partial charge on any atom is 0.239 e. The number of aryl methyl sites for hydroxylation is 2. The molecule has 1 amide bonds. The van der Waals surface area contributed by atoms with Crippen molar-refractivity contribution < 1.29 is 13.2 Å². The number of nitrogens with two attached hydrogens (primary N) is 1. The van der Waals surface area contributed by atoms with Crippen molar-refractivity contribution in [1.82, 2.24) is 0 Å². The van der Waals surface area contributed by atoms with E-state index in [9.17, 15) is 13.2 Å². The van der Waals surface area contributed by atoms with Gasteiger partial charge in [0.2, 0.25) is 5.91 Å². The lowest BCUT2D eigenvalue weighted by Gasteiger charge is -2.10. The van der Waals surface area contributed by atoms with Crippen molar-refractivity contribution in [3.8, 4) is 0 Å². The Morgan fingerprint density at radius 3 is 2.35 bits per heavy atom. The first-order chi connectivity index (χ1) is 7.69. The number of amides is 1. The zero-order chi connectivity index (χ0) is 13.2. The molecule has 94 valence electrons. The molecule has 1 rings (SSSR count). The molecule has 0 bridgehead atoms. The second-order valence-corrected chi connectivity index (χ2v) is 6.28. The second kappa shape index (κ2) is 4.75. The summed E-state index contributed by atoms with van der Waals surface area (Å²) in [5, 5.41) is 2.49. The zero-order valence-electron chi connectivity index (χ0n) is 10.1. The molecule has 0 saturated carbocycles. The zero-order valence-corrected chi connectivity index (χ0v) is 10.9. The summed E-state index contributed by atoms with van der Waals surface area (Å²) in [4.78, 5) is 11.4. The first-order valence-corrected chi connectivity index (χ1v) is 7.09. The normalized spacial score (nSPS) is 11.2. The average molecular weight is 256 g/mol. The maximum atomic E-state index is 11.4. The molecule has 0 aliphatic carbocycles. The summed E-state index contributed by atoms with van der Waals surface area (Å²) >= 11 is 0. The smallest absolute Gasteiger partial charge is 0.239 e. The Balaban J connectivity index is 2.89. The number of nitrogens with one attached hydrogen (secondary N) is 1. The van der Waals surface area contributed by atoms with Crippen LogP contribution in [0.25, 0.3) is 0 Å². The van der Waals surface area contributed by atoms with E-state index in [1.54, 1.807) is 12.1 Å². The molecule has 0 aromatic heterocycles. The standard InChI is InChI=1S/C11H16N2O3S/c1-7-4-9(12)10(5-8(7)2)13-11(14)6-17(3,15)16/h4-5H,6,12H2,1-3H3,(H,13,14). The highest BCUT2D eigenvalue weighted by Gasteiger charge is 2.12. The largest absolute Gasteiger partial charge is 0.397 e. The van der Waals surface area contributed by atoms with Crippen LogP contribution >= 0.6 is 0 Å². The fraction of sp³-hybridized carbons (Fsp3) is 0.364. The van der Waals surface area contributed by atoms with Crippen molar-refractivity contribution in [2.75, 3.05) is 23.1 Å². The molecule has 1 aromatic carbocycles. The summed E-state index contributed by atoms with van der Waals surface area (Å²) in [5.41, 5.74) is 8.61. The van der Waals surface area contributed by atoms with Gasteiger partial charge in [-0.1, -0.05) is 0 Å². The van der Waals surface area contributed by atoms with Gasteiger partial charge in [-0.05, 0) is 37.1 Å². The van der Waals surface area contributed by atoms with Crippen molar-refractivity contribution >= 4 is 27.1 Å². The molecule has 0 unspecified atom stereocenters. The summed E-state index contributed by atoms with van der Waals surface area (Å²) in [6.45, 7) is 3.80. The van der Waals surface area contributed by atoms with E-state index in [-0.39, 0.29) is 0 Å². The molecule has 0 heterocycles. The van der Waals surface area contributed by atoms with Crippen molar-refractivity contribution in [3.05, 3.63) is 23.3 Å². The molecule has 0 aliphatic rings. The van der Waals surface area contributed by atoms with Gasteiger partial charge in [0.25, 0.3) is 0 Å². The van der Waals surface area contributed by atoms with Crippen LogP contribution in [0, 0.1) is 13.8 Å². The van der Waals surface area contributed by atoms with Crippen molar-refractivity contribution in [2.24, 2.45) is 0 Å². The van der Waals surface area contributed by atoms with Gasteiger partial charge >= 0.3 is 0 Å². The summed E-state index contributed by atoms with van der Waals surface area (Å²) < 4.78 is 21.9. The molecule has 0 saturated heterocycles. The molecule has 0 atom stereocenters.